The zero-order valence-corrected chi connectivity index (χ0v) is 23.2. The molecule has 0 radical (unpaired) electrons. The molecule has 0 spiro atoms. The maximum atomic E-state index is 12.2. The Kier molecular flexibility index (Phi) is 11.2. The highest BCUT2D eigenvalue weighted by Crippen LogP contribution is 2.15. The molecule has 3 aromatic carbocycles. The zero-order valence-electron chi connectivity index (χ0n) is 23.2. The molecule has 212 valence electrons. The molecule has 0 heterocycles. The summed E-state index contributed by atoms with van der Waals surface area (Å²) < 4.78 is 20.3. The van der Waals surface area contributed by atoms with E-state index in [0.717, 1.165) is 16.7 Å². The van der Waals surface area contributed by atoms with E-state index < -0.39 is 24.7 Å². The number of rotatable bonds is 11. The number of hydrogen-bond donors (Lipinski definition) is 0. The monoisotopic (exact) mass is 564 g/mol. The molecule has 8 nitrogen and oxygen atoms in total. The van der Waals surface area contributed by atoms with E-state index in [1.54, 1.807) is 37.3 Å². The fourth-order valence-electron chi connectivity index (χ4n) is 3.05. The van der Waals surface area contributed by atoms with Crippen molar-refractivity contribution < 1.29 is 38.1 Å². The Labute approximate surface area is 243 Å². The fourth-order valence-corrected chi connectivity index (χ4v) is 3.05. The van der Waals surface area contributed by atoms with Crippen LogP contribution in [0.4, 0.5) is 0 Å². The van der Waals surface area contributed by atoms with E-state index in [1.807, 2.05) is 24.3 Å². The Hall–Kier alpha value is -5.68. The van der Waals surface area contributed by atoms with Gasteiger partial charge in [-0.25, -0.2) is 14.4 Å². The van der Waals surface area contributed by atoms with E-state index in [4.69, 9.17) is 18.9 Å². The van der Waals surface area contributed by atoms with E-state index in [2.05, 4.69) is 25.0 Å². The molecule has 0 amide bonds. The van der Waals surface area contributed by atoms with Crippen LogP contribution in [0.25, 0.3) is 6.08 Å². The number of hydrogen-bond acceptors (Lipinski definition) is 8. The molecular formula is C34H28O8. The first-order chi connectivity index (χ1) is 20.1. The van der Waals surface area contributed by atoms with Crippen molar-refractivity contribution in [3.63, 3.8) is 0 Å². The van der Waals surface area contributed by atoms with Crippen molar-refractivity contribution in [1.82, 2.24) is 0 Å². The number of ketones is 1. The second-order valence-corrected chi connectivity index (χ2v) is 8.93. The number of carbonyl (C=O) groups is 4. The number of carbonyl (C=O) groups excluding carboxylic acids is 4. The lowest BCUT2D eigenvalue weighted by atomic mass is 10.1. The van der Waals surface area contributed by atoms with Gasteiger partial charge in [-0.1, -0.05) is 37.1 Å². The summed E-state index contributed by atoms with van der Waals surface area (Å²) in [7, 11) is 0. The summed E-state index contributed by atoms with van der Waals surface area (Å²) >= 11 is 0. The van der Waals surface area contributed by atoms with Gasteiger partial charge in [-0.05, 0) is 91.7 Å². The smallest absolute Gasteiger partial charge is 0.341 e. The largest absolute Gasteiger partial charge is 0.485 e. The van der Waals surface area contributed by atoms with Crippen LogP contribution < -0.4 is 9.47 Å². The fraction of sp³-hybridized carbons (Fsp3) is 0.118. The Morgan fingerprint density at radius 3 is 1.88 bits per heavy atom. The summed E-state index contributed by atoms with van der Waals surface area (Å²) in [4.78, 5) is 47.1. The molecule has 3 rings (SSSR count). The summed E-state index contributed by atoms with van der Waals surface area (Å²) in [6.07, 6.45) is 2.89. The van der Waals surface area contributed by atoms with Gasteiger partial charge in [0.05, 0.1) is 5.56 Å². The minimum absolute atomic E-state index is 0.0526. The van der Waals surface area contributed by atoms with E-state index in [1.165, 1.54) is 37.3 Å². The summed E-state index contributed by atoms with van der Waals surface area (Å²) in [6, 6.07) is 20.1. The molecule has 0 aliphatic rings. The van der Waals surface area contributed by atoms with Crippen LogP contribution in [0.2, 0.25) is 0 Å². The highest BCUT2D eigenvalue weighted by molar-refractivity contribution is 5.95. The Morgan fingerprint density at radius 1 is 0.738 bits per heavy atom. The maximum Gasteiger partial charge on any atom is 0.341 e. The Morgan fingerprint density at radius 2 is 1.31 bits per heavy atom. The van der Waals surface area contributed by atoms with E-state index >= 15 is 0 Å². The van der Waals surface area contributed by atoms with E-state index in [9.17, 15) is 19.2 Å². The normalized spacial score (nSPS) is 10.1. The van der Waals surface area contributed by atoms with Gasteiger partial charge in [0.2, 0.25) is 6.79 Å². The molecule has 0 aliphatic heterocycles. The molecule has 0 fully saturated rings. The molecule has 42 heavy (non-hydrogen) atoms. The van der Waals surface area contributed by atoms with Gasteiger partial charge in [-0.2, -0.15) is 0 Å². The summed E-state index contributed by atoms with van der Waals surface area (Å²) in [5.41, 5.74) is 3.18. The van der Waals surface area contributed by atoms with Gasteiger partial charge in [0.15, 0.2) is 12.4 Å². The van der Waals surface area contributed by atoms with Gasteiger partial charge in [0.1, 0.15) is 11.5 Å². The molecule has 0 aliphatic carbocycles. The van der Waals surface area contributed by atoms with Gasteiger partial charge in [0.25, 0.3) is 0 Å². The van der Waals surface area contributed by atoms with Crippen LogP contribution >= 0.6 is 0 Å². The number of esters is 3. The van der Waals surface area contributed by atoms with Crippen molar-refractivity contribution in [2.24, 2.45) is 0 Å². The minimum atomic E-state index is -0.702. The van der Waals surface area contributed by atoms with Crippen LogP contribution in [-0.4, -0.2) is 37.1 Å². The standard InChI is InChI=1S/C34H28O8/c1-23(2)31(35)21-39-29-16-11-27(12-17-29)10-7-25-5-8-26(9-6-25)13-20-32(36)42-30-18-14-28(15-19-30)34(38)41-22-40-33(37)24(3)4/h5-6,8-9,11-20H,1,3,21-22H2,2,4H3/b20-13+. The average molecular weight is 565 g/mol. The lowest BCUT2D eigenvalue weighted by Crippen LogP contribution is -2.13. The molecule has 0 aromatic heterocycles. The summed E-state index contributed by atoms with van der Waals surface area (Å²) in [5, 5.41) is 0. The topological polar surface area (TPSA) is 105 Å². The third-order valence-corrected chi connectivity index (χ3v) is 5.41. The summed E-state index contributed by atoms with van der Waals surface area (Å²) in [5.74, 6) is 4.83. The van der Waals surface area contributed by atoms with Crippen LogP contribution in [0.15, 0.2) is 103 Å². The van der Waals surface area contributed by atoms with Gasteiger partial charge in [0, 0.05) is 22.8 Å². The first kappa shape index (κ1) is 30.9. The van der Waals surface area contributed by atoms with Crippen LogP contribution in [0.1, 0.15) is 40.9 Å². The molecule has 0 N–H and O–H groups in total. The number of ether oxygens (including phenoxy) is 4. The van der Waals surface area contributed by atoms with Crippen molar-refractivity contribution in [3.05, 3.63) is 125 Å². The maximum absolute atomic E-state index is 12.2. The van der Waals surface area contributed by atoms with Crippen molar-refractivity contribution in [1.29, 1.82) is 0 Å². The van der Waals surface area contributed by atoms with E-state index in [-0.39, 0.29) is 29.3 Å². The van der Waals surface area contributed by atoms with Crippen LogP contribution in [-0.2, 0) is 23.9 Å². The molecule has 0 atom stereocenters. The minimum Gasteiger partial charge on any atom is -0.485 e. The molecule has 0 saturated carbocycles. The molecule has 3 aromatic rings. The predicted octanol–water partition coefficient (Wildman–Crippen LogP) is 5.46. The lowest BCUT2D eigenvalue weighted by molar-refractivity contribution is -0.147. The van der Waals surface area contributed by atoms with Crippen molar-refractivity contribution in [2.45, 2.75) is 13.8 Å². The predicted molar refractivity (Wildman–Crippen MR) is 156 cm³/mol. The second-order valence-electron chi connectivity index (χ2n) is 8.93. The lowest BCUT2D eigenvalue weighted by Gasteiger charge is -2.06. The van der Waals surface area contributed by atoms with Crippen molar-refractivity contribution in [3.8, 4) is 23.3 Å². The van der Waals surface area contributed by atoms with Gasteiger partial charge in [-0.3, -0.25) is 4.79 Å². The molecule has 0 bridgehead atoms. The second kappa shape index (κ2) is 15.2. The van der Waals surface area contributed by atoms with Crippen LogP contribution in [0.3, 0.4) is 0 Å². The van der Waals surface area contributed by atoms with Gasteiger partial charge in [-0.15, -0.1) is 0 Å². The molecule has 0 unspecified atom stereocenters. The quantitative estimate of drug-likeness (QED) is 0.0994. The molecule has 0 saturated heterocycles. The third kappa shape index (κ3) is 10.1. The Bertz CT molecular complexity index is 1570. The first-order valence-corrected chi connectivity index (χ1v) is 12.6. The van der Waals surface area contributed by atoms with Crippen LogP contribution in [0, 0.1) is 11.8 Å². The Balaban J connectivity index is 1.47. The van der Waals surface area contributed by atoms with E-state index in [0.29, 0.717) is 11.3 Å². The molecular weight excluding hydrogens is 536 g/mol. The van der Waals surface area contributed by atoms with Crippen molar-refractivity contribution in [2.75, 3.05) is 13.4 Å². The zero-order chi connectivity index (χ0) is 30.5. The average Bonchev–Trinajstić information content (AvgIpc) is 2.98. The van der Waals surface area contributed by atoms with Crippen LogP contribution in [0.5, 0.6) is 11.5 Å². The number of benzene rings is 3. The highest BCUT2D eigenvalue weighted by Gasteiger charge is 2.10. The first-order valence-electron chi connectivity index (χ1n) is 12.6. The molecule has 8 heteroatoms. The highest BCUT2D eigenvalue weighted by atomic mass is 16.7. The van der Waals surface area contributed by atoms with Crippen molar-refractivity contribution >= 4 is 29.8 Å². The third-order valence-electron chi connectivity index (χ3n) is 5.41. The summed E-state index contributed by atoms with van der Waals surface area (Å²) in [6.45, 7) is 9.56. The van der Waals surface area contributed by atoms with Gasteiger partial charge >= 0.3 is 17.9 Å². The SMILES string of the molecule is C=C(C)C(=O)COc1ccc(C#Cc2ccc(/C=C/C(=O)Oc3ccc(C(=O)OCOC(=O)C(=C)C)cc3)cc2)cc1. The number of Topliss-reactive ketones (excluding diaryl/α,β-unsaturated/α-hetero) is 1. The van der Waals surface area contributed by atoms with Gasteiger partial charge < -0.3 is 18.9 Å².